The quantitative estimate of drug-likeness (QED) is 0.789. The van der Waals surface area contributed by atoms with Crippen LogP contribution in [0.2, 0.25) is 0 Å². The number of carbonyl (C=O) groups excluding carboxylic acids is 1. The van der Waals surface area contributed by atoms with Gasteiger partial charge in [0.1, 0.15) is 0 Å². The molecule has 0 saturated carbocycles. The van der Waals surface area contributed by atoms with Gasteiger partial charge >= 0.3 is 0 Å². The first-order valence-corrected chi connectivity index (χ1v) is 7.44. The predicted molar refractivity (Wildman–Crippen MR) is 78.8 cm³/mol. The molecule has 0 atom stereocenters. The van der Waals surface area contributed by atoms with Crippen LogP contribution in [0.5, 0.6) is 11.5 Å². The Morgan fingerprint density at radius 2 is 2.11 bits per heavy atom. The van der Waals surface area contributed by atoms with Crippen molar-refractivity contribution in [2.24, 2.45) is 0 Å². The maximum atomic E-state index is 10.8. The third-order valence-corrected chi connectivity index (χ3v) is 3.52. The molecule has 0 spiro atoms. The van der Waals surface area contributed by atoms with E-state index in [0.717, 1.165) is 35.7 Å². The number of rotatable bonds is 4. The van der Waals surface area contributed by atoms with Crippen molar-refractivity contribution in [3.63, 3.8) is 0 Å². The van der Waals surface area contributed by atoms with E-state index in [0.29, 0.717) is 13.2 Å². The van der Waals surface area contributed by atoms with E-state index in [9.17, 15) is 4.79 Å². The van der Waals surface area contributed by atoms with Crippen LogP contribution in [0, 0.1) is 0 Å². The summed E-state index contributed by atoms with van der Waals surface area (Å²) in [7, 11) is 0. The summed E-state index contributed by atoms with van der Waals surface area (Å²) in [5, 5.41) is 0.170. The summed E-state index contributed by atoms with van der Waals surface area (Å²) in [6.07, 6.45) is 5.94. The average molecular weight is 278 g/mol. The Bertz CT molecular complexity index is 468. The minimum Gasteiger partial charge on any atom is -0.490 e. The molecule has 2 rings (SSSR count). The van der Waals surface area contributed by atoms with Crippen molar-refractivity contribution in [3.8, 4) is 11.5 Å². The third-order valence-electron chi connectivity index (χ3n) is 2.67. The molecule has 0 fully saturated rings. The van der Waals surface area contributed by atoms with E-state index in [-0.39, 0.29) is 5.12 Å². The lowest BCUT2D eigenvalue weighted by Gasteiger charge is -2.07. The SMILES string of the molecule is CC(=O)SCCC=Cc1ccc2c(c1)OCCCO2. The van der Waals surface area contributed by atoms with Gasteiger partial charge in [-0.1, -0.05) is 30.0 Å². The first kappa shape index (κ1) is 14.0. The first-order valence-electron chi connectivity index (χ1n) is 6.45. The van der Waals surface area contributed by atoms with Crippen molar-refractivity contribution in [1.82, 2.24) is 0 Å². The zero-order valence-corrected chi connectivity index (χ0v) is 11.9. The van der Waals surface area contributed by atoms with E-state index in [1.54, 1.807) is 6.92 Å². The van der Waals surface area contributed by atoms with Gasteiger partial charge in [0, 0.05) is 19.1 Å². The van der Waals surface area contributed by atoms with Gasteiger partial charge in [0.25, 0.3) is 0 Å². The van der Waals surface area contributed by atoms with Gasteiger partial charge in [-0.05, 0) is 24.1 Å². The topological polar surface area (TPSA) is 35.5 Å². The predicted octanol–water partition coefficient (Wildman–Crippen LogP) is 3.53. The average Bonchev–Trinajstić information content (AvgIpc) is 2.62. The van der Waals surface area contributed by atoms with Crippen molar-refractivity contribution in [1.29, 1.82) is 0 Å². The maximum absolute atomic E-state index is 10.8. The van der Waals surface area contributed by atoms with Gasteiger partial charge in [-0.15, -0.1) is 0 Å². The second-order valence-corrected chi connectivity index (χ2v) is 5.56. The van der Waals surface area contributed by atoms with Gasteiger partial charge in [-0.25, -0.2) is 0 Å². The van der Waals surface area contributed by atoms with Crippen LogP contribution in [0.15, 0.2) is 24.3 Å². The molecule has 1 aromatic carbocycles. The number of hydrogen-bond acceptors (Lipinski definition) is 4. The molecular formula is C15H18O3S. The molecule has 0 saturated heterocycles. The van der Waals surface area contributed by atoms with Crippen LogP contribution >= 0.6 is 11.8 Å². The number of carbonyl (C=O) groups is 1. The van der Waals surface area contributed by atoms with Crippen LogP contribution in [0.4, 0.5) is 0 Å². The van der Waals surface area contributed by atoms with Gasteiger partial charge in [0.2, 0.25) is 0 Å². The Balaban J connectivity index is 1.92. The van der Waals surface area contributed by atoms with Gasteiger partial charge in [0.15, 0.2) is 16.6 Å². The Morgan fingerprint density at radius 1 is 1.32 bits per heavy atom. The van der Waals surface area contributed by atoms with Crippen molar-refractivity contribution < 1.29 is 14.3 Å². The molecule has 1 aliphatic rings. The molecule has 0 amide bonds. The third kappa shape index (κ3) is 4.63. The Kier molecular flexibility index (Phi) is 5.33. The van der Waals surface area contributed by atoms with Crippen LogP contribution in [-0.4, -0.2) is 24.1 Å². The van der Waals surface area contributed by atoms with Crippen molar-refractivity contribution in [2.75, 3.05) is 19.0 Å². The van der Waals surface area contributed by atoms with Gasteiger partial charge in [0.05, 0.1) is 13.2 Å². The normalized spacial score (nSPS) is 14.4. The number of allylic oxidation sites excluding steroid dienone is 1. The molecule has 0 unspecified atom stereocenters. The molecule has 3 nitrogen and oxygen atoms in total. The minimum atomic E-state index is 0.170. The molecule has 0 N–H and O–H groups in total. The van der Waals surface area contributed by atoms with Crippen LogP contribution < -0.4 is 9.47 Å². The highest BCUT2D eigenvalue weighted by atomic mass is 32.2. The summed E-state index contributed by atoms with van der Waals surface area (Å²) in [6, 6.07) is 5.96. The van der Waals surface area contributed by atoms with Crippen molar-refractivity contribution in [2.45, 2.75) is 19.8 Å². The fourth-order valence-corrected chi connectivity index (χ4v) is 2.32. The summed E-state index contributed by atoms with van der Waals surface area (Å²) in [5.74, 6) is 2.47. The molecular weight excluding hydrogens is 260 g/mol. The molecule has 0 radical (unpaired) electrons. The van der Waals surface area contributed by atoms with Gasteiger partial charge in [-0.3, -0.25) is 4.79 Å². The first-order chi connectivity index (χ1) is 9.25. The van der Waals surface area contributed by atoms with Crippen LogP contribution in [0.25, 0.3) is 6.08 Å². The minimum absolute atomic E-state index is 0.170. The summed E-state index contributed by atoms with van der Waals surface area (Å²) < 4.78 is 11.2. The Labute approximate surface area is 118 Å². The second kappa shape index (κ2) is 7.24. The summed E-state index contributed by atoms with van der Waals surface area (Å²) >= 11 is 1.36. The van der Waals surface area contributed by atoms with Gasteiger partial charge < -0.3 is 9.47 Å². The van der Waals surface area contributed by atoms with Crippen LogP contribution in [-0.2, 0) is 4.79 Å². The zero-order chi connectivity index (χ0) is 13.5. The molecule has 1 aromatic rings. The largest absolute Gasteiger partial charge is 0.490 e. The monoisotopic (exact) mass is 278 g/mol. The Hall–Kier alpha value is -1.42. The maximum Gasteiger partial charge on any atom is 0.185 e. The number of thioether (sulfide) groups is 1. The molecule has 102 valence electrons. The van der Waals surface area contributed by atoms with Crippen LogP contribution in [0.1, 0.15) is 25.3 Å². The standard InChI is InChI=1S/C15H18O3S/c1-12(16)19-10-3-2-5-13-6-7-14-15(11-13)18-9-4-8-17-14/h2,5-7,11H,3-4,8-10H2,1H3. The van der Waals surface area contributed by atoms with E-state index >= 15 is 0 Å². The van der Waals surface area contributed by atoms with E-state index in [1.165, 1.54) is 11.8 Å². The summed E-state index contributed by atoms with van der Waals surface area (Å²) in [5.41, 5.74) is 1.09. The molecule has 1 heterocycles. The van der Waals surface area contributed by atoms with E-state index in [2.05, 4.69) is 12.2 Å². The fraction of sp³-hybridized carbons (Fsp3) is 0.400. The van der Waals surface area contributed by atoms with Crippen LogP contribution in [0.3, 0.4) is 0 Å². The number of hydrogen-bond donors (Lipinski definition) is 0. The summed E-state index contributed by atoms with van der Waals surface area (Å²) in [6.45, 7) is 3.01. The second-order valence-electron chi connectivity index (χ2n) is 4.29. The number of fused-ring (bicyclic) bond motifs is 1. The molecule has 4 heteroatoms. The lowest BCUT2D eigenvalue weighted by Crippen LogP contribution is -1.97. The highest BCUT2D eigenvalue weighted by Gasteiger charge is 2.09. The lowest BCUT2D eigenvalue weighted by molar-refractivity contribution is -0.109. The molecule has 1 aliphatic heterocycles. The molecule has 0 bridgehead atoms. The highest BCUT2D eigenvalue weighted by molar-refractivity contribution is 8.13. The van der Waals surface area contributed by atoms with E-state index in [4.69, 9.17) is 9.47 Å². The summed E-state index contributed by atoms with van der Waals surface area (Å²) in [4.78, 5) is 10.8. The smallest absolute Gasteiger partial charge is 0.185 e. The Morgan fingerprint density at radius 3 is 2.89 bits per heavy atom. The number of benzene rings is 1. The zero-order valence-electron chi connectivity index (χ0n) is 11.1. The fourth-order valence-electron chi connectivity index (χ4n) is 1.77. The molecule has 0 aromatic heterocycles. The van der Waals surface area contributed by atoms with Gasteiger partial charge in [-0.2, -0.15) is 0 Å². The number of ether oxygens (including phenoxy) is 2. The molecule has 19 heavy (non-hydrogen) atoms. The van der Waals surface area contributed by atoms with E-state index < -0.39 is 0 Å². The van der Waals surface area contributed by atoms with E-state index in [1.807, 2.05) is 18.2 Å². The lowest BCUT2D eigenvalue weighted by atomic mass is 10.2. The van der Waals surface area contributed by atoms with Crippen molar-refractivity contribution in [3.05, 3.63) is 29.8 Å². The molecule has 0 aliphatic carbocycles. The van der Waals surface area contributed by atoms with Crippen molar-refractivity contribution >= 4 is 23.0 Å². The highest BCUT2D eigenvalue weighted by Crippen LogP contribution is 2.30.